The Balaban J connectivity index is 2.11. The highest BCUT2D eigenvalue weighted by molar-refractivity contribution is 5.78. The maximum absolute atomic E-state index is 11.1. The van der Waals surface area contributed by atoms with Crippen molar-refractivity contribution in [3.8, 4) is 0 Å². The lowest BCUT2D eigenvalue weighted by atomic mass is 10.0. The lowest BCUT2D eigenvalue weighted by Crippen LogP contribution is -2.40. The standard InChI is InChI=1S/C15H18N2O2/c1-10(2)14(15(18)19)16-9-12-8-7-11-5-3-4-6-13(11)17-12/h3-8,10,14,16H,9H2,1-2H3,(H,18,19)/t14-/m0/s1. The molecule has 0 fully saturated rings. The van der Waals surface area contributed by atoms with E-state index in [-0.39, 0.29) is 5.92 Å². The number of carboxylic acids is 1. The second-order valence-electron chi connectivity index (χ2n) is 4.94. The monoisotopic (exact) mass is 258 g/mol. The number of aromatic nitrogens is 1. The summed E-state index contributed by atoms with van der Waals surface area (Å²) in [4.78, 5) is 15.6. The minimum atomic E-state index is -0.823. The van der Waals surface area contributed by atoms with Crippen molar-refractivity contribution in [3.63, 3.8) is 0 Å². The van der Waals surface area contributed by atoms with Gasteiger partial charge < -0.3 is 5.11 Å². The lowest BCUT2D eigenvalue weighted by Gasteiger charge is -2.17. The summed E-state index contributed by atoms with van der Waals surface area (Å²) in [6, 6.07) is 11.3. The predicted octanol–water partition coefficient (Wildman–Crippen LogP) is 2.43. The number of carbonyl (C=O) groups is 1. The van der Waals surface area contributed by atoms with Gasteiger partial charge in [-0.25, -0.2) is 0 Å². The Kier molecular flexibility index (Phi) is 4.12. The van der Waals surface area contributed by atoms with Gasteiger partial charge in [-0.15, -0.1) is 0 Å². The van der Waals surface area contributed by atoms with E-state index >= 15 is 0 Å². The fraction of sp³-hybridized carbons (Fsp3) is 0.333. The fourth-order valence-electron chi connectivity index (χ4n) is 2.03. The summed E-state index contributed by atoms with van der Waals surface area (Å²) in [6.45, 7) is 4.24. The van der Waals surface area contributed by atoms with Crippen LogP contribution in [0.2, 0.25) is 0 Å². The van der Waals surface area contributed by atoms with Crippen LogP contribution in [0.25, 0.3) is 10.9 Å². The summed E-state index contributed by atoms with van der Waals surface area (Å²) in [7, 11) is 0. The molecule has 0 radical (unpaired) electrons. The average Bonchev–Trinajstić information content (AvgIpc) is 2.38. The van der Waals surface area contributed by atoms with E-state index in [0.717, 1.165) is 16.6 Å². The zero-order valence-electron chi connectivity index (χ0n) is 11.1. The van der Waals surface area contributed by atoms with E-state index in [1.54, 1.807) is 0 Å². The van der Waals surface area contributed by atoms with E-state index in [1.807, 2.05) is 50.2 Å². The molecule has 19 heavy (non-hydrogen) atoms. The first-order chi connectivity index (χ1) is 9.08. The largest absolute Gasteiger partial charge is 0.480 e. The number of benzene rings is 1. The van der Waals surface area contributed by atoms with Crippen molar-refractivity contribution in [2.75, 3.05) is 0 Å². The second-order valence-corrected chi connectivity index (χ2v) is 4.94. The molecule has 0 unspecified atom stereocenters. The number of carboxylic acid groups (broad SMARTS) is 1. The van der Waals surface area contributed by atoms with Crippen molar-refractivity contribution < 1.29 is 9.90 Å². The molecule has 1 heterocycles. The summed E-state index contributed by atoms with van der Waals surface area (Å²) < 4.78 is 0. The van der Waals surface area contributed by atoms with E-state index in [0.29, 0.717) is 6.54 Å². The SMILES string of the molecule is CC(C)[C@H](NCc1ccc2ccccc2n1)C(=O)O. The predicted molar refractivity (Wildman–Crippen MR) is 74.8 cm³/mol. The molecule has 0 spiro atoms. The number of pyridine rings is 1. The molecular formula is C15H18N2O2. The fourth-order valence-corrected chi connectivity index (χ4v) is 2.03. The number of fused-ring (bicyclic) bond motifs is 1. The normalized spacial score (nSPS) is 12.8. The second kappa shape index (κ2) is 5.80. The zero-order chi connectivity index (χ0) is 13.8. The quantitative estimate of drug-likeness (QED) is 0.864. The third-order valence-corrected chi connectivity index (χ3v) is 3.09. The highest BCUT2D eigenvalue weighted by atomic mass is 16.4. The van der Waals surface area contributed by atoms with Gasteiger partial charge in [0.15, 0.2) is 0 Å². The number of para-hydroxylation sites is 1. The van der Waals surface area contributed by atoms with Crippen molar-refractivity contribution in [3.05, 3.63) is 42.1 Å². The van der Waals surface area contributed by atoms with Crippen LogP contribution in [-0.4, -0.2) is 22.1 Å². The number of hydrogen-bond donors (Lipinski definition) is 2. The van der Waals surface area contributed by atoms with Crippen LogP contribution in [-0.2, 0) is 11.3 Å². The van der Waals surface area contributed by atoms with Gasteiger partial charge in [0.25, 0.3) is 0 Å². The Morgan fingerprint density at radius 3 is 2.68 bits per heavy atom. The van der Waals surface area contributed by atoms with Crippen LogP contribution in [0, 0.1) is 5.92 Å². The number of aliphatic carboxylic acids is 1. The van der Waals surface area contributed by atoms with Gasteiger partial charge in [0.05, 0.1) is 11.2 Å². The van der Waals surface area contributed by atoms with Crippen molar-refractivity contribution >= 4 is 16.9 Å². The van der Waals surface area contributed by atoms with Gasteiger partial charge in [-0.2, -0.15) is 0 Å². The third-order valence-electron chi connectivity index (χ3n) is 3.09. The molecule has 100 valence electrons. The molecule has 0 saturated carbocycles. The molecule has 4 nitrogen and oxygen atoms in total. The summed E-state index contributed by atoms with van der Waals surface area (Å²) in [5.41, 5.74) is 1.78. The third kappa shape index (κ3) is 3.29. The Morgan fingerprint density at radius 1 is 1.26 bits per heavy atom. The topological polar surface area (TPSA) is 62.2 Å². The molecule has 0 amide bonds. The number of nitrogens with zero attached hydrogens (tertiary/aromatic N) is 1. The van der Waals surface area contributed by atoms with E-state index in [4.69, 9.17) is 5.11 Å². The zero-order valence-corrected chi connectivity index (χ0v) is 11.1. The van der Waals surface area contributed by atoms with Gasteiger partial charge in [0.1, 0.15) is 6.04 Å². The maximum atomic E-state index is 11.1. The summed E-state index contributed by atoms with van der Waals surface area (Å²) >= 11 is 0. The molecule has 0 bridgehead atoms. The highest BCUT2D eigenvalue weighted by Gasteiger charge is 2.20. The van der Waals surface area contributed by atoms with E-state index < -0.39 is 12.0 Å². The Hall–Kier alpha value is -1.94. The van der Waals surface area contributed by atoms with Crippen molar-refractivity contribution in [1.29, 1.82) is 0 Å². The van der Waals surface area contributed by atoms with Crippen molar-refractivity contribution in [2.24, 2.45) is 5.92 Å². The van der Waals surface area contributed by atoms with Gasteiger partial charge in [-0.05, 0) is 18.1 Å². The summed E-state index contributed by atoms with van der Waals surface area (Å²) in [6.07, 6.45) is 0. The molecule has 0 aliphatic carbocycles. The van der Waals surface area contributed by atoms with Crippen LogP contribution in [0.4, 0.5) is 0 Å². The minimum absolute atomic E-state index is 0.0398. The first-order valence-corrected chi connectivity index (χ1v) is 6.39. The molecule has 4 heteroatoms. The molecule has 0 aliphatic heterocycles. The molecule has 2 N–H and O–H groups in total. The Morgan fingerprint density at radius 2 is 2.00 bits per heavy atom. The van der Waals surface area contributed by atoms with E-state index in [2.05, 4.69) is 10.3 Å². The van der Waals surface area contributed by atoms with Gasteiger partial charge in [0.2, 0.25) is 0 Å². The Bertz CT molecular complexity index is 581. The molecule has 1 atom stereocenters. The van der Waals surface area contributed by atoms with Crippen LogP contribution >= 0.6 is 0 Å². The average molecular weight is 258 g/mol. The van der Waals surface area contributed by atoms with Crippen molar-refractivity contribution in [1.82, 2.24) is 10.3 Å². The Labute approximate surface area is 112 Å². The van der Waals surface area contributed by atoms with Crippen LogP contribution in [0.1, 0.15) is 19.5 Å². The molecule has 1 aromatic heterocycles. The highest BCUT2D eigenvalue weighted by Crippen LogP contribution is 2.12. The van der Waals surface area contributed by atoms with Gasteiger partial charge >= 0.3 is 5.97 Å². The summed E-state index contributed by atoms with van der Waals surface area (Å²) in [5, 5.41) is 13.2. The van der Waals surface area contributed by atoms with Crippen LogP contribution in [0.15, 0.2) is 36.4 Å². The first kappa shape index (κ1) is 13.5. The molecule has 1 aromatic carbocycles. The molecule has 2 rings (SSSR count). The van der Waals surface area contributed by atoms with Crippen LogP contribution in [0.3, 0.4) is 0 Å². The molecule has 0 saturated heterocycles. The van der Waals surface area contributed by atoms with Crippen LogP contribution < -0.4 is 5.32 Å². The maximum Gasteiger partial charge on any atom is 0.320 e. The number of nitrogens with one attached hydrogen (secondary N) is 1. The summed E-state index contributed by atoms with van der Waals surface area (Å²) in [5.74, 6) is -0.784. The first-order valence-electron chi connectivity index (χ1n) is 6.39. The van der Waals surface area contributed by atoms with Gasteiger partial charge in [-0.1, -0.05) is 38.1 Å². The van der Waals surface area contributed by atoms with Gasteiger partial charge in [-0.3, -0.25) is 15.1 Å². The minimum Gasteiger partial charge on any atom is -0.480 e. The molecule has 0 aliphatic rings. The van der Waals surface area contributed by atoms with Crippen molar-refractivity contribution in [2.45, 2.75) is 26.4 Å². The smallest absolute Gasteiger partial charge is 0.320 e. The number of rotatable bonds is 5. The van der Waals surface area contributed by atoms with Gasteiger partial charge in [0, 0.05) is 11.9 Å². The van der Waals surface area contributed by atoms with E-state index in [1.165, 1.54) is 0 Å². The number of hydrogen-bond acceptors (Lipinski definition) is 3. The lowest BCUT2D eigenvalue weighted by molar-refractivity contribution is -0.140. The molecule has 2 aromatic rings. The molecular weight excluding hydrogens is 240 g/mol. The van der Waals surface area contributed by atoms with E-state index in [9.17, 15) is 4.79 Å². The van der Waals surface area contributed by atoms with Crippen LogP contribution in [0.5, 0.6) is 0 Å².